The summed E-state index contributed by atoms with van der Waals surface area (Å²) >= 11 is 0. The van der Waals surface area contributed by atoms with Crippen LogP contribution in [-0.4, -0.2) is 46.6 Å². The molecule has 1 heterocycles. The van der Waals surface area contributed by atoms with E-state index in [9.17, 15) is 24.6 Å². The van der Waals surface area contributed by atoms with Crippen LogP contribution in [0.1, 0.15) is 50.4 Å². The molecule has 2 N–H and O–H groups in total. The van der Waals surface area contributed by atoms with E-state index in [-0.39, 0.29) is 48.8 Å². The number of carbonyl (C=O) groups is 3. The molecule has 7 nitrogen and oxygen atoms in total. The lowest BCUT2D eigenvalue weighted by Gasteiger charge is -2.57. The summed E-state index contributed by atoms with van der Waals surface area (Å²) in [4.78, 5) is 37.0. The van der Waals surface area contributed by atoms with E-state index >= 15 is 0 Å². The predicted molar refractivity (Wildman–Crippen MR) is 98.3 cm³/mol. The zero-order chi connectivity index (χ0) is 20.6. The highest BCUT2D eigenvalue weighted by molar-refractivity contribution is 5.96. The summed E-state index contributed by atoms with van der Waals surface area (Å²) in [6.45, 7) is 4.78. The van der Waals surface area contributed by atoms with Gasteiger partial charge in [-0.1, -0.05) is 13.8 Å². The summed E-state index contributed by atoms with van der Waals surface area (Å²) in [5.74, 6) is -2.10. The molecule has 0 spiro atoms. The molecule has 2 saturated carbocycles. The molecule has 2 fully saturated rings. The molecule has 3 rings (SSSR count). The third-order valence-corrected chi connectivity index (χ3v) is 6.98. The molecule has 28 heavy (non-hydrogen) atoms. The van der Waals surface area contributed by atoms with E-state index in [1.54, 1.807) is 6.07 Å². The van der Waals surface area contributed by atoms with Gasteiger partial charge >= 0.3 is 5.97 Å². The highest BCUT2D eigenvalue weighted by Crippen LogP contribution is 2.57. The Balaban J connectivity index is 1.96. The highest BCUT2D eigenvalue weighted by Gasteiger charge is 2.59. The Morgan fingerprint density at radius 2 is 2.11 bits per heavy atom. The fourth-order valence-corrected chi connectivity index (χ4v) is 5.43. The minimum absolute atomic E-state index is 0.0315. The van der Waals surface area contributed by atoms with Crippen LogP contribution in [0, 0.1) is 29.1 Å². The van der Waals surface area contributed by atoms with Crippen molar-refractivity contribution in [1.82, 2.24) is 0 Å². The van der Waals surface area contributed by atoms with E-state index in [2.05, 4.69) is 0 Å². The number of aliphatic hydroxyl groups excluding tert-OH is 2. The number of Topliss-reactive ketones (excluding diaryl/α,β-unsaturated/α-hetero) is 2. The average Bonchev–Trinajstić information content (AvgIpc) is 3.16. The maximum absolute atomic E-state index is 12.8. The SMILES string of the molecule is CC(=O)O[C@H]1C[C@]2(C)[C@H](CC(=O)[C@H](C)[C@H]2CC(=O)c2ccoc2)[C@@H](CO)[C@H]1O. The number of furan rings is 1. The first kappa shape index (κ1) is 20.7. The minimum Gasteiger partial charge on any atom is -0.472 e. The van der Waals surface area contributed by atoms with Gasteiger partial charge in [0.05, 0.1) is 17.9 Å². The van der Waals surface area contributed by atoms with Crippen LogP contribution in [0.2, 0.25) is 0 Å². The van der Waals surface area contributed by atoms with Gasteiger partial charge in [-0.25, -0.2) is 0 Å². The minimum atomic E-state index is -1.04. The Bertz CT molecular complexity index is 740. The number of hydrogen-bond donors (Lipinski definition) is 2. The zero-order valence-corrected chi connectivity index (χ0v) is 16.5. The van der Waals surface area contributed by atoms with E-state index in [0.29, 0.717) is 12.0 Å². The molecule has 7 heteroatoms. The Morgan fingerprint density at radius 1 is 1.39 bits per heavy atom. The van der Waals surface area contributed by atoms with Crippen molar-refractivity contribution >= 4 is 17.5 Å². The Labute approximate surface area is 164 Å². The molecule has 7 atom stereocenters. The lowest BCUT2D eigenvalue weighted by Crippen LogP contribution is -2.60. The zero-order valence-electron chi connectivity index (χ0n) is 16.5. The second-order valence-corrected chi connectivity index (χ2v) is 8.51. The van der Waals surface area contributed by atoms with Crippen molar-refractivity contribution in [3.8, 4) is 0 Å². The standard InChI is InChI=1S/C21H28O7/c1-11-15(6-18(25)13-4-5-27-10-13)21(3)8-19(28-12(2)23)20(26)14(9-22)16(21)7-17(11)24/h4-5,10-11,14-16,19-20,22,26H,6-9H2,1-3H3/t11-,14-,15-,16-,19+,20-,21+/m1/s1. The smallest absolute Gasteiger partial charge is 0.302 e. The lowest BCUT2D eigenvalue weighted by molar-refractivity contribution is -0.193. The number of esters is 1. The fraction of sp³-hybridized carbons (Fsp3) is 0.667. The van der Waals surface area contributed by atoms with Crippen LogP contribution in [0.5, 0.6) is 0 Å². The molecule has 0 bridgehead atoms. The predicted octanol–water partition coefficient (Wildman–Crippen LogP) is 2.00. The van der Waals surface area contributed by atoms with Crippen molar-refractivity contribution in [2.45, 2.75) is 52.2 Å². The van der Waals surface area contributed by atoms with Gasteiger partial charge in [0.1, 0.15) is 18.2 Å². The van der Waals surface area contributed by atoms with E-state index < -0.39 is 29.5 Å². The van der Waals surface area contributed by atoms with E-state index in [0.717, 1.165) is 0 Å². The van der Waals surface area contributed by atoms with Crippen LogP contribution >= 0.6 is 0 Å². The molecule has 0 amide bonds. The van der Waals surface area contributed by atoms with Crippen LogP contribution in [0.25, 0.3) is 0 Å². The van der Waals surface area contributed by atoms with Gasteiger partial charge in [-0.05, 0) is 29.7 Å². The van der Waals surface area contributed by atoms with Crippen molar-refractivity contribution in [2.75, 3.05) is 6.61 Å². The Kier molecular flexibility index (Phi) is 5.77. The molecule has 0 saturated heterocycles. The molecule has 0 radical (unpaired) electrons. The summed E-state index contributed by atoms with van der Waals surface area (Å²) < 4.78 is 10.4. The molecule has 2 aliphatic carbocycles. The second-order valence-electron chi connectivity index (χ2n) is 8.51. The topological polar surface area (TPSA) is 114 Å². The molecular formula is C21H28O7. The Morgan fingerprint density at radius 3 is 2.68 bits per heavy atom. The lowest BCUT2D eigenvalue weighted by atomic mass is 9.48. The van der Waals surface area contributed by atoms with Crippen molar-refractivity contribution in [1.29, 1.82) is 0 Å². The van der Waals surface area contributed by atoms with Gasteiger partial charge in [-0.2, -0.15) is 0 Å². The van der Waals surface area contributed by atoms with Gasteiger partial charge < -0.3 is 19.4 Å². The first-order chi connectivity index (χ1) is 13.2. The normalized spacial score (nSPS) is 38.0. The number of ether oxygens (including phenoxy) is 1. The summed E-state index contributed by atoms with van der Waals surface area (Å²) in [7, 11) is 0. The molecule has 0 aromatic carbocycles. The first-order valence-electron chi connectivity index (χ1n) is 9.73. The highest BCUT2D eigenvalue weighted by atomic mass is 16.6. The van der Waals surface area contributed by atoms with Crippen molar-refractivity contribution in [3.05, 3.63) is 24.2 Å². The number of fused-ring (bicyclic) bond motifs is 1. The van der Waals surface area contributed by atoms with Crippen LogP contribution in [0.4, 0.5) is 0 Å². The summed E-state index contributed by atoms with van der Waals surface area (Å²) in [5, 5.41) is 20.6. The van der Waals surface area contributed by atoms with Gasteiger partial charge in [0.25, 0.3) is 0 Å². The van der Waals surface area contributed by atoms with Crippen molar-refractivity contribution in [2.24, 2.45) is 29.1 Å². The van der Waals surface area contributed by atoms with Crippen molar-refractivity contribution in [3.63, 3.8) is 0 Å². The number of aliphatic hydroxyl groups is 2. The van der Waals surface area contributed by atoms with Gasteiger partial charge in [-0.3, -0.25) is 14.4 Å². The molecule has 1 aromatic heterocycles. The molecule has 2 aliphatic rings. The van der Waals surface area contributed by atoms with Crippen LogP contribution in [-0.2, 0) is 14.3 Å². The summed E-state index contributed by atoms with van der Waals surface area (Å²) in [6.07, 6.45) is 1.74. The van der Waals surface area contributed by atoms with E-state index in [1.165, 1.54) is 19.5 Å². The van der Waals surface area contributed by atoms with E-state index in [4.69, 9.17) is 9.15 Å². The first-order valence-corrected chi connectivity index (χ1v) is 9.73. The third-order valence-electron chi connectivity index (χ3n) is 6.98. The monoisotopic (exact) mass is 392 g/mol. The maximum atomic E-state index is 12.8. The third kappa shape index (κ3) is 3.53. The summed E-state index contributed by atoms with van der Waals surface area (Å²) in [5.41, 5.74) is -0.0871. The largest absolute Gasteiger partial charge is 0.472 e. The maximum Gasteiger partial charge on any atom is 0.302 e. The van der Waals surface area contributed by atoms with Crippen LogP contribution in [0.3, 0.4) is 0 Å². The molecular weight excluding hydrogens is 364 g/mol. The molecule has 0 aliphatic heterocycles. The Hall–Kier alpha value is -1.99. The number of ketones is 2. The molecule has 1 aromatic rings. The van der Waals surface area contributed by atoms with Crippen LogP contribution in [0.15, 0.2) is 23.0 Å². The fourth-order valence-electron chi connectivity index (χ4n) is 5.43. The van der Waals surface area contributed by atoms with Gasteiger partial charge in [0.15, 0.2) is 5.78 Å². The average molecular weight is 392 g/mol. The van der Waals surface area contributed by atoms with E-state index in [1.807, 2.05) is 13.8 Å². The van der Waals surface area contributed by atoms with Crippen LogP contribution < -0.4 is 0 Å². The second kappa shape index (κ2) is 7.79. The molecule has 154 valence electrons. The number of rotatable bonds is 5. The molecule has 0 unspecified atom stereocenters. The van der Waals surface area contributed by atoms with Gasteiger partial charge in [0.2, 0.25) is 0 Å². The summed E-state index contributed by atoms with van der Waals surface area (Å²) in [6, 6.07) is 1.60. The number of hydrogen-bond acceptors (Lipinski definition) is 7. The quantitative estimate of drug-likeness (QED) is 0.582. The van der Waals surface area contributed by atoms with Gasteiger partial charge in [0, 0.05) is 38.2 Å². The van der Waals surface area contributed by atoms with Crippen molar-refractivity contribution < 1.29 is 33.8 Å². The number of carbonyl (C=O) groups excluding carboxylic acids is 3. The van der Waals surface area contributed by atoms with Gasteiger partial charge in [-0.15, -0.1) is 0 Å².